The van der Waals surface area contributed by atoms with Gasteiger partial charge in [0.2, 0.25) is 0 Å². The van der Waals surface area contributed by atoms with Gasteiger partial charge in [-0.05, 0) is 70.9 Å². The maximum atomic E-state index is 13.6. The van der Waals surface area contributed by atoms with E-state index in [0.29, 0.717) is 12.6 Å². The highest BCUT2D eigenvalue weighted by Gasteiger charge is 2.29. The van der Waals surface area contributed by atoms with Gasteiger partial charge in [-0.25, -0.2) is 14.4 Å². The van der Waals surface area contributed by atoms with E-state index in [0.717, 1.165) is 53.8 Å². The number of aromatic nitrogens is 2. The van der Waals surface area contributed by atoms with Gasteiger partial charge < -0.3 is 4.74 Å². The van der Waals surface area contributed by atoms with E-state index in [1.807, 2.05) is 13.0 Å². The molecule has 1 saturated heterocycles. The van der Waals surface area contributed by atoms with Gasteiger partial charge in [0, 0.05) is 31.5 Å². The lowest BCUT2D eigenvalue weighted by atomic mass is 9.94. The second-order valence-corrected chi connectivity index (χ2v) is 8.17. The summed E-state index contributed by atoms with van der Waals surface area (Å²) >= 11 is 3.37. The molecule has 0 saturated carbocycles. The van der Waals surface area contributed by atoms with Crippen LogP contribution in [0.4, 0.5) is 4.39 Å². The predicted octanol–water partition coefficient (Wildman–Crippen LogP) is 4.70. The van der Waals surface area contributed by atoms with Gasteiger partial charge in [-0.15, -0.1) is 0 Å². The summed E-state index contributed by atoms with van der Waals surface area (Å²) in [7, 11) is 0. The smallest absolute Gasteiger partial charge is 0.154 e. The molecule has 4 nitrogen and oxygen atoms in total. The summed E-state index contributed by atoms with van der Waals surface area (Å²) in [5, 5.41) is 0. The zero-order valence-electron chi connectivity index (χ0n) is 15.4. The highest BCUT2D eigenvalue weighted by molar-refractivity contribution is 9.10. The third-order valence-electron chi connectivity index (χ3n) is 5.50. The summed E-state index contributed by atoms with van der Waals surface area (Å²) in [5.74, 6) is 0.629. The molecular weight excluding hydrogens is 409 g/mol. The summed E-state index contributed by atoms with van der Waals surface area (Å²) in [6, 6.07) is 5.38. The van der Waals surface area contributed by atoms with Crippen LogP contribution in [-0.4, -0.2) is 40.6 Å². The van der Waals surface area contributed by atoms with Crippen LogP contribution in [-0.2, 0) is 4.74 Å². The minimum absolute atomic E-state index is 0.00371. The number of aryl methyl sites for hydroxylation is 1. The van der Waals surface area contributed by atoms with Crippen molar-refractivity contribution in [3.05, 3.63) is 63.9 Å². The fourth-order valence-electron chi connectivity index (χ4n) is 3.93. The first-order valence-electron chi connectivity index (χ1n) is 9.39. The van der Waals surface area contributed by atoms with E-state index in [9.17, 15) is 4.39 Å². The second-order valence-electron chi connectivity index (χ2n) is 7.25. The lowest BCUT2D eigenvalue weighted by molar-refractivity contribution is -0.0362. The Hall–Kier alpha value is -1.63. The predicted molar refractivity (Wildman–Crippen MR) is 107 cm³/mol. The van der Waals surface area contributed by atoms with Gasteiger partial charge in [0.1, 0.15) is 5.82 Å². The third kappa shape index (κ3) is 4.28. The van der Waals surface area contributed by atoms with Gasteiger partial charge >= 0.3 is 0 Å². The molecule has 0 N–H and O–H groups in total. The maximum Gasteiger partial charge on any atom is 0.154 e. The largest absolute Gasteiger partial charge is 0.372 e. The van der Waals surface area contributed by atoms with Crippen LogP contribution in [0.1, 0.15) is 42.3 Å². The minimum atomic E-state index is -0.190. The first-order valence-corrected chi connectivity index (χ1v) is 10.2. The first-order chi connectivity index (χ1) is 13.1. The van der Waals surface area contributed by atoms with Crippen LogP contribution in [0.2, 0.25) is 0 Å². The fourth-order valence-corrected chi connectivity index (χ4v) is 4.13. The maximum absolute atomic E-state index is 13.6. The SMILES string of the molecule is Cc1ccc(F)cc1C1CCC(N2CC=C(c3ncc(Br)cn3)CC2)CO1. The molecule has 0 bridgehead atoms. The molecule has 4 rings (SSSR count). The average molecular weight is 432 g/mol. The summed E-state index contributed by atoms with van der Waals surface area (Å²) in [6.07, 6.45) is 8.76. The molecule has 0 aliphatic carbocycles. The van der Waals surface area contributed by atoms with Crippen molar-refractivity contribution in [3.63, 3.8) is 0 Å². The van der Waals surface area contributed by atoms with Gasteiger partial charge in [-0.2, -0.15) is 0 Å². The molecule has 2 aliphatic heterocycles. The van der Waals surface area contributed by atoms with Crippen LogP contribution in [0.15, 0.2) is 41.1 Å². The molecule has 2 aromatic rings. The van der Waals surface area contributed by atoms with E-state index in [1.165, 1.54) is 11.6 Å². The van der Waals surface area contributed by atoms with Crippen molar-refractivity contribution in [1.82, 2.24) is 14.9 Å². The Morgan fingerprint density at radius 2 is 2.04 bits per heavy atom. The van der Waals surface area contributed by atoms with Gasteiger partial charge in [0.05, 0.1) is 17.2 Å². The highest BCUT2D eigenvalue weighted by atomic mass is 79.9. The number of hydrogen-bond acceptors (Lipinski definition) is 4. The van der Waals surface area contributed by atoms with Gasteiger partial charge in [-0.1, -0.05) is 12.1 Å². The molecule has 2 aliphatic rings. The Labute approximate surface area is 167 Å². The van der Waals surface area contributed by atoms with Crippen molar-refractivity contribution in [2.45, 2.75) is 38.3 Å². The number of halogens is 2. The van der Waals surface area contributed by atoms with E-state index in [2.05, 4.69) is 36.9 Å². The van der Waals surface area contributed by atoms with Crippen molar-refractivity contribution >= 4 is 21.5 Å². The van der Waals surface area contributed by atoms with Gasteiger partial charge in [0.25, 0.3) is 0 Å². The van der Waals surface area contributed by atoms with Crippen LogP contribution in [0.25, 0.3) is 5.57 Å². The second kappa shape index (κ2) is 8.17. The van der Waals surface area contributed by atoms with E-state index in [1.54, 1.807) is 18.5 Å². The van der Waals surface area contributed by atoms with Crippen molar-refractivity contribution < 1.29 is 9.13 Å². The van der Waals surface area contributed by atoms with E-state index in [-0.39, 0.29) is 11.9 Å². The quantitative estimate of drug-likeness (QED) is 0.705. The minimum Gasteiger partial charge on any atom is -0.372 e. The van der Waals surface area contributed by atoms with Crippen LogP contribution in [0, 0.1) is 12.7 Å². The molecular formula is C21H23BrFN3O. The Balaban J connectivity index is 1.35. The van der Waals surface area contributed by atoms with Crippen molar-refractivity contribution in [2.75, 3.05) is 19.7 Å². The Morgan fingerprint density at radius 3 is 2.70 bits per heavy atom. The lowest BCUT2D eigenvalue weighted by Crippen LogP contribution is -2.43. The van der Waals surface area contributed by atoms with Crippen molar-refractivity contribution in [2.24, 2.45) is 0 Å². The number of rotatable bonds is 3. The lowest BCUT2D eigenvalue weighted by Gasteiger charge is -2.38. The van der Waals surface area contributed by atoms with Crippen LogP contribution in [0.3, 0.4) is 0 Å². The zero-order valence-corrected chi connectivity index (χ0v) is 17.0. The number of benzene rings is 1. The van der Waals surface area contributed by atoms with Crippen molar-refractivity contribution in [3.8, 4) is 0 Å². The molecule has 0 spiro atoms. The normalized spacial score (nSPS) is 23.9. The van der Waals surface area contributed by atoms with E-state index in [4.69, 9.17) is 4.74 Å². The summed E-state index contributed by atoms with van der Waals surface area (Å²) < 4.78 is 20.6. The summed E-state index contributed by atoms with van der Waals surface area (Å²) in [4.78, 5) is 11.3. The molecule has 3 heterocycles. The third-order valence-corrected chi connectivity index (χ3v) is 5.91. The average Bonchev–Trinajstić information content (AvgIpc) is 2.71. The van der Waals surface area contributed by atoms with Crippen molar-refractivity contribution in [1.29, 1.82) is 0 Å². The molecule has 142 valence electrons. The number of ether oxygens (including phenoxy) is 1. The zero-order chi connectivity index (χ0) is 18.8. The highest BCUT2D eigenvalue weighted by Crippen LogP contribution is 2.33. The summed E-state index contributed by atoms with van der Waals surface area (Å²) in [5.41, 5.74) is 3.30. The van der Waals surface area contributed by atoms with E-state index >= 15 is 0 Å². The number of hydrogen-bond donors (Lipinski definition) is 0. The van der Waals surface area contributed by atoms with E-state index < -0.39 is 0 Å². The molecule has 6 heteroatoms. The molecule has 2 unspecified atom stereocenters. The molecule has 0 radical (unpaired) electrons. The molecule has 2 atom stereocenters. The standard InChI is InChI=1S/C21H23BrFN3O/c1-14-2-3-17(23)10-19(14)20-5-4-18(13-27-20)26-8-6-15(7-9-26)21-24-11-16(22)12-25-21/h2-3,6,10-12,18,20H,4-5,7-9,13H2,1H3. The molecule has 1 aromatic carbocycles. The molecule has 1 fully saturated rings. The van der Waals surface area contributed by atoms with Crippen LogP contribution < -0.4 is 0 Å². The Kier molecular flexibility index (Phi) is 5.66. The molecule has 1 aromatic heterocycles. The Morgan fingerprint density at radius 1 is 1.22 bits per heavy atom. The van der Waals surface area contributed by atoms with Crippen LogP contribution >= 0.6 is 15.9 Å². The monoisotopic (exact) mass is 431 g/mol. The first kappa shape index (κ1) is 18.7. The molecule has 0 amide bonds. The topological polar surface area (TPSA) is 38.2 Å². The number of nitrogens with zero attached hydrogens (tertiary/aromatic N) is 3. The van der Waals surface area contributed by atoms with Gasteiger partial charge in [0.15, 0.2) is 5.82 Å². The molecule has 27 heavy (non-hydrogen) atoms. The van der Waals surface area contributed by atoms with Gasteiger partial charge in [-0.3, -0.25) is 4.90 Å². The van der Waals surface area contributed by atoms with Crippen LogP contribution in [0.5, 0.6) is 0 Å². The summed E-state index contributed by atoms with van der Waals surface area (Å²) in [6.45, 7) is 4.60. The Bertz CT molecular complexity index is 832. The fraction of sp³-hybridized carbons (Fsp3) is 0.429.